The van der Waals surface area contributed by atoms with Gasteiger partial charge in [0.05, 0.1) is 0 Å². The highest BCUT2D eigenvalue weighted by atomic mass is 19.1. The smallest absolute Gasteiger partial charge is 0.297 e. The van der Waals surface area contributed by atoms with Crippen LogP contribution in [0.4, 0.5) is 18.9 Å². The van der Waals surface area contributed by atoms with Crippen LogP contribution in [0.3, 0.4) is 0 Å². The van der Waals surface area contributed by atoms with Crippen molar-refractivity contribution in [3.05, 3.63) is 35.4 Å². The van der Waals surface area contributed by atoms with Gasteiger partial charge in [-0.2, -0.15) is 5.21 Å². The Hall–Kier alpha value is -2.45. The number of benzene rings is 1. The van der Waals surface area contributed by atoms with Crippen molar-refractivity contribution < 1.29 is 18.0 Å². The molecule has 0 aliphatic carbocycles. The second-order valence-corrected chi connectivity index (χ2v) is 2.93. The summed E-state index contributed by atoms with van der Waals surface area (Å²) < 4.78 is 38.9. The molecule has 2 rings (SSSR count). The molecule has 0 atom stereocenters. The molecule has 0 saturated carbocycles. The molecular weight excluding hydrogens is 239 g/mol. The Labute approximate surface area is 91.8 Å². The van der Waals surface area contributed by atoms with Crippen molar-refractivity contribution >= 4 is 11.6 Å². The van der Waals surface area contributed by atoms with E-state index < -0.39 is 34.9 Å². The summed E-state index contributed by atoms with van der Waals surface area (Å²) in [5.74, 6) is -4.92. The molecule has 0 radical (unpaired) electrons. The lowest BCUT2D eigenvalue weighted by molar-refractivity contribution is 0.101. The van der Waals surface area contributed by atoms with Gasteiger partial charge in [0.25, 0.3) is 11.7 Å². The van der Waals surface area contributed by atoms with Gasteiger partial charge in [0, 0.05) is 12.1 Å². The standard InChI is InChI=1S/C8H4F3N5O/c9-3-1-4(10)6(5(11)2-3)12-8(17)7-13-15-16-14-7/h1-2H,(H,12,17)(H,13,14,15,16). The van der Waals surface area contributed by atoms with Crippen molar-refractivity contribution in [1.82, 2.24) is 20.6 Å². The molecule has 1 heterocycles. The largest absolute Gasteiger partial charge is 0.314 e. The van der Waals surface area contributed by atoms with Gasteiger partial charge in [-0.1, -0.05) is 0 Å². The Kier molecular flexibility index (Phi) is 2.73. The van der Waals surface area contributed by atoms with Crippen LogP contribution < -0.4 is 5.32 Å². The number of aromatic nitrogens is 4. The summed E-state index contributed by atoms with van der Waals surface area (Å²) in [6, 6.07) is 0.879. The normalized spacial score (nSPS) is 10.3. The number of aromatic amines is 1. The number of halogens is 3. The fourth-order valence-corrected chi connectivity index (χ4v) is 1.09. The minimum atomic E-state index is -1.24. The SMILES string of the molecule is O=C(Nc1c(F)cc(F)cc1F)c1nn[nH]n1. The van der Waals surface area contributed by atoms with Gasteiger partial charge in [-0.05, 0) is 5.21 Å². The van der Waals surface area contributed by atoms with Gasteiger partial charge < -0.3 is 5.32 Å². The van der Waals surface area contributed by atoms with Gasteiger partial charge in [0.2, 0.25) is 0 Å². The lowest BCUT2D eigenvalue weighted by Gasteiger charge is -2.05. The maximum Gasteiger partial charge on any atom is 0.297 e. The molecule has 0 aliphatic rings. The molecule has 88 valence electrons. The molecule has 0 saturated heterocycles. The van der Waals surface area contributed by atoms with Crippen LogP contribution in [0, 0.1) is 17.5 Å². The van der Waals surface area contributed by atoms with Crippen molar-refractivity contribution in [2.24, 2.45) is 0 Å². The minimum absolute atomic E-state index is 0.395. The van der Waals surface area contributed by atoms with Crippen molar-refractivity contribution in [1.29, 1.82) is 0 Å². The van der Waals surface area contributed by atoms with E-state index in [2.05, 4.69) is 15.4 Å². The summed E-state index contributed by atoms with van der Waals surface area (Å²) in [5.41, 5.74) is -0.777. The first-order chi connectivity index (χ1) is 8.08. The highest BCUT2D eigenvalue weighted by Crippen LogP contribution is 2.20. The third-order valence-electron chi connectivity index (χ3n) is 1.79. The summed E-state index contributed by atoms with van der Waals surface area (Å²) in [4.78, 5) is 11.3. The molecule has 0 aliphatic heterocycles. The minimum Gasteiger partial charge on any atom is -0.314 e. The van der Waals surface area contributed by atoms with E-state index in [0.717, 1.165) is 0 Å². The first-order valence-corrected chi connectivity index (χ1v) is 4.27. The fourth-order valence-electron chi connectivity index (χ4n) is 1.09. The molecule has 1 aromatic heterocycles. The Morgan fingerprint density at radius 2 is 1.88 bits per heavy atom. The van der Waals surface area contributed by atoms with Crippen LogP contribution in [0.15, 0.2) is 12.1 Å². The van der Waals surface area contributed by atoms with Crippen molar-refractivity contribution in [3.8, 4) is 0 Å². The Bertz CT molecular complexity index is 533. The third-order valence-corrected chi connectivity index (χ3v) is 1.79. The maximum atomic E-state index is 13.2. The number of H-pyrrole nitrogens is 1. The van der Waals surface area contributed by atoms with E-state index in [-0.39, 0.29) is 0 Å². The number of anilines is 1. The topological polar surface area (TPSA) is 83.6 Å². The number of amides is 1. The summed E-state index contributed by atoms with van der Waals surface area (Å²) in [6.45, 7) is 0. The van der Waals surface area contributed by atoms with E-state index in [9.17, 15) is 18.0 Å². The third kappa shape index (κ3) is 2.22. The van der Waals surface area contributed by atoms with Crippen LogP contribution in [-0.2, 0) is 0 Å². The van der Waals surface area contributed by atoms with E-state index in [4.69, 9.17) is 0 Å². The van der Waals surface area contributed by atoms with E-state index in [1.807, 2.05) is 10.5 Å². The van der Waals surface area contributed by atoms with Crippen LogP contribution in [0.5, 0.6) is 0 Å². The quantitative estimate of drug-likeness (QED) is 0.819. The molecule has 1 aromatic carbocycles. The highest BCUT2D eigenvalue weighted by Gasteiger charge is 2.17. The lowest BCUT2D eigenvalue weighted by Crippen LogP contribution is -2.16. The number of rotatable bonds is 2. The molecule has 2 aromatic rings. The second-order valence-electron chi connectivity index (χ2n) is 2.93. The molecule has 9 heteroatoms. The Morgan fingerprint density at radius 1 is 1.24 bits per heavy atom. The van der Waals surface area contributed by atoms with Crippen LogP contribution in [0.1, 0.15) is 10.6 Å². The number of nitrogens with one attached hydrogen (secondary N) is 2. The Balaban J connectivity index is 2.28. The predicted molar refractivity (Wildman–Crippen MR) is 48.4 cm³/mol. The first kappa shape index (κ1) is 11.0. The van der Waals surface area contributed by atoms with Crippen LogP contribution in [-0.4, -0.2) is 26.5 Å². The number of hydrogen-bond donors (Lipinski definition) is 2. The molecule has 0 fully saturated rings. The van der Waals surface area contributed by atoms with Crippen LogP contribution in [0.2, 0.25) is 0 Å². The monoisotopic (exact) mass is 243 g/mol. The van der Waals surface area contributed by atoms with Crippen molar-refractivity contribution in [2.45, 2.75) is 0 Å². The zero-order chi connectivity index (χ0) is 12.4. The molecule has 2 N–H and O–H groups in total. The summed E-state index contributed by atoms with van der Waals surface area (Å²) in [6.07, 6.45) is 0. The zero-order valence-corrected chi connectivity index (χ0v) is 8.04. The van der Waals surface area contributed by atoms with Gasteiger partial charge in [-0.25, -0.2) is 13.2 Å². The summed E-state index contributed by atoms with van der Waals surface area (Å²) in [7, 11) is 0. The number of carbonyl (C=O) groups is 1. The molecule has 0 unspecified atom stereocenters. The van der Waals surface area contributed by atoms with Crippen molar-refractivity contribution in [3.63, 3.8) is 0 Å². The zero-order valence-electron chi connectivity index (χ0n) is 8.04. The second kappa shape index (κ2) is 4.20. The van der Waals surface area contributed by atoms with E-state index in [0.29, 0.717) is 12.1 Å². The average Bonchev–Trinajstić information content (AvgIpc) is 2.76. The van der Waals surface area contributed by atoms with Gasteiger partial charge in [-0.3, -0.25) is 4.79 Å². The fraction of sp³-hybridized carbons (Fsp3) is 0. The number of hydrogen-bond acceptors (Lipinski definition) is 4. The van der Waals surface area contributed by atoms with Crippen LogP contribution >= 0.6 is 0 Å². The Morgan fingerprint density at radius 3 is 2.41 bits per heavy atom. The van der Waals surface area contributed by atoms with E-state index in [1.165, 1.54) is 0 Å². The molecule has 6 nitrogen and oxygen atoms in total. The molecule has 17 heavy (non-hydrogen) atoms. The molecule has 1 amide bonds. The first-order valence-electron chi connectivity index (χ1n) is 4.27. The molecule has 0 spiro atoms. The summed E-state index contributed by atoms with van der Waals surface area (Å²) >= 11 is 0. The van der Waals surface area contributed by atoms with E-state index in [1.54, 1.807) is 0 Å². The van der Waals surface area contributed by atoms with Gasteiger partial charge in [0.1, 0.15) is 11.5 Å². The van der Waals surface area contributed by atoms with Gasteiger partial charge in [-0.15, -0.1) is 10.2 Å². The number of nitrogens with zero attached hydrogens (tertiary/aromatic N) is 3. The average molecular weight is 243 g/mol. The molecule has 0 bridgehead atoms. The lowest BCUT2D eigenvalue weighted by atomic mass is 10.2. The number of tetrazole rings is 1. The number of carbonyl (C=O) groups excluding carboxylic acids is 1. The summed E-state index contributed by atoms with van der Waals surface area (Å²) in [5, 5.41) is 13.6. The van der Waals surface area contributed by atoms with E-state index >= 15 is 0 Å². The predicted octanol–water partition coefficient (Wildman–Crippen LogP) is 0.869. The maximum absolute atomic E-state index is 13.2. The van der Waals surface area contributed by atoms with Gasteiger partial charge in [0.15, 0.2) is 11.6 Å². The van der Waals surface area contributed by atoms with Crippen LogP contribution in [0.25, 0.3) is 0 Å². The van der Waals surface area contributed by atoms with Crippen molar-refractivity contribution in [2.75, 3.05) is 5.32 Å². The highest BCUT2D eigenvalue weighted by molar-refractivity contribution is 6.01. The molecular formula is C8H4F3N5O. The van der Waals surface area contributed by atoms with Gasteiger partial charge >= 0.3 is 0 Å².